The molecular formula is C12H19N3O2. The molecule has 2 aliphatic rings. The van der Waals surface area contributed by atoms with Crippen LogP contribution in [0.5, 0.6) is 0 Å². The fraction of sp³-hybridized carbons (Fsp3) is 0.833. The van der Waals surface area contributed by atoms with Crippen LogP contribution in [0, 0.1) is 22.7 Å². The molecule has 2 fully saturated rings. The summed E-state index contributed by atoms with van der Waals surface area (Å²) in [5, 5.41) is 11.8. The number of hydrogen-bond acceptors (Lipinski definition) is 4. The minimum atomic E-state index is -0.910. The molecule has 0 radical (unpaired) electrons. The van der Waals surface area contributed by atoms with Crippen molar-refractivity contribution in [2.24, 2.45) is 11.3 Å². The Morgan fingerprint density at radius 1 is 1.65 bits per heavy atom. The fourth-order valence-electron chi connectivity index (χ4n) is 2.37. The van der Waals surface area contributed by atoms with E-state index in [0.29, 0.717) is 12.5 Å². The largest absolute Gasteiger partial charge is 0.377 e. The average molecular weight is 237 g/mol. The zero-order valence-corrected chi connectivity index (χ0v) is 10.2. The molecule has 1 unspecified atom stereocenters. The van der Waals surface area contributed by atoms with Crippen molar-refractivity contribution >= 4 is 5.91 Å². The third-order valence-electron chi connectivity index (χ3n) is 3.67. The first-order valence-electron chi connectivity index (χ1n) is 6.12. The van der Waals surface area contributed by atoms with Crippen molar-refractivity contribution in [2.45, 2.75) is 12.8 Å². The van der Waals surface area contributed by atoms with Gasteiger partial charge in [-0.2, -0.15) is 5.26 Å². The molecule has 5 heteroatoms. The van der Waals surface area contributed by atoms with Crippen LogP contribution in [0.25, 0.3) is 0 Å². The zero-order chi connectivity index (χ0) is 12.3. The second-order valence-electron chi connectivity index (χ2n) is 5.15. The molecule has 2 heterocycles. The van der Waals surface area contributed by atoms with Gasteiger partial charge in [-0.25, -0.2) is 0 Å². The number of nitrogens with zero attached hydrogens (tertiary/aromatic N) is 2. The summed E-state index contributed by atoms with van der Waals surface area (Å²) in [6.07, 6.45) is 2.21. The Morgan fingerprint density at radius 2 is 2.41 bits per heavy atom. The van der Waals surface area contributed by atoms with Crippen LogP contribution in [0.2, 0.25) is 0 Å². The molecule has 0 spiro atoms. The molecule has 2 aliphatic heterocycles. The number of rotatable bonds is 4. The lowest BCUT2D eigenvalue weighted by Crippen LogP contribution is -2.53. The van der Waals surface area contributed by atoms with E-state index in [0.717, 1.165) is 19.5 Å². The van der Waals surface area contributed by atoms with Gasteiger partial charge in [0.15, 0.2) is 5.41 Å². The van der Waals surface area contributed by atoms with Crippen molar-refractivity contribution in [1.82, 2.24) is 10.2 Å². The number of nitriles is 1. The minimum Gasteiger partial charge on any atom is -0.377 e. The number of carbonyl (C=O) groups is 1. The van der Waals surface area contributed by atoms with Gasteiger partial charge in [0.2, 0.25) is 5.91 Å². The van der Waals surface area contributed by atoms with Crippen molar-refractivity contribution < 1.29 is 9.53 Å². The van der Waals surface area contributed by atoms with E-state index in [1.807, 2.05) is 0 Å². The lowest BCUT2D eigenvalue weighted by Gasteiger charge is -2.33. The molecule has 0 aromatic carbocycles. The Labute approximate surface area is 102 Å². The highest BCUT2D eigenvalue weighted by Gasteiger charge is 2.46. The predicted octanol–water partition coefficient (Wildman–Crippen LogP) is -0.0154. The molecule has 0 saturated carbocycles. The van der Waals surface area contributed by atoms with Crippen LogP contribution in [-0.4, -0.2) is 50.7 Å². The summed E-state index contributed by atoms with van der Waals surface area (Å²) in [6, 6.07) is 2.05. The van der Waals surface area contributed by atoms with E-state index < -0.39 is 5.41 Å². The molecule has 2 saturated heterocycles. The highest BCUT2D eigenvalue weighted by Crippen LogP contribution is 2.26. The summed E-state index contributed by atoms with van der Waals surface area (Å²) in [6.45, 7) is 3.40. The van der Waals surface area contributed by atoms with Crippen LogP contribution in [0.15, 0.2) is 0 Å². The van der Waals surface area contributed by atoms with Crippen LogP contribution in [0.1, 0.15) is 12.8 Å². The smallest absolute Gasteiger partial charge is 0.245 e. The maximum absolute atomic E-state index is 11.8. The number of carbonyl (C=O) groups excluding carboxylic acids is 1. The third kappa shape index (κ3) is 2.59. The van der Waals surface area contributed by atoms with Crippen LogP contribution >= 0.6 is 0 Å². The predicted molar refractivity (Wildman–Crippen MR) is 62.1 cm³/mol. The molecule has 5 nitrogen and oxygen atoms in total. The topological polar surface area (TPSA) is 65.4 Å². The maximum Gasteiger partial charge on any atom is 0.245 e. The first-order chi connectivity index (χ1) is 8.16. The Bertz CT molecular complexity index is 333. The molecular weight excluding hydrogens is 218 g/mol. The Balaban J connectivity index is 1.68. The molecule has 0 aromatic heterocycles. The van der Waals surface area contributed by atoms with Crippen LogP contribution in [0.3, 0.4) is 0 Å². The quantitative estimate of drug-likeness (QED) is 0.746. The fourth-order valence-corrected chi connectivity index (χ4v) is 2.37. The van der Waals surface area contributed by atoms with E-state index in [1.54, 1.807) is 0 Å². The van der Waals surface area contributed by atoms with Crippen molar-refractivity contribution in [1.29, 1.82) is 5.26 Å². The molecule has 1 amide bonds. The van der Waals surface area contributed by atoms with Gasteiger partial charge in [0.25, 0.3) is 0 Å². The summed E-state index contributed by atoms with van der Waals surface area (Å²) in [5.74, 6) is 0.508. The van der Waals surface area contributed by atoms with Gasteiger partial charge in [-0.05, 0) is 32.4 Å². The van der Waals surface area contributed by atoms with E-state index in [2.05, 4.69) is 23.3 Å². The van der Waals surface area contributed by atoms with Crippen molar-refractivity contribution in [3.05, 3.63) is 0 Å². The summed E-state index contributed by atoms with van der Waals surface area (Å²) in [7, 11) is 2.12. The lowest BCUT2D eigenvalue weighted by molar-refractivity contribution is -0.150. The number of amides is 1. The van der Waals surface area contributed by atoms with Gasteiger partial charge in [0, 0.05) is 13.1 Å². The third-order valence-corrected chi connectivity index (χ3v) is 3.67. The average Bonchev–Trinajstić information content (AvgIpc) is 2.63. The van der Waals surface area contributed by atoms with Gasteiger partial charge >= 0.3 is 0 Å². The molecule has 1 N–H and O–H groups in total. The molecule has 94 valence electrons. The lowest BCUT2D eigenvalue weighted by atomic mass is 9.87. The second-order valence-corrected chi connectivity index (χ2v) is 5.15. The number of hydrogen-bond donors (Lipinski definition) is 1. The Kier molecular flexibility index (Phi) is 3.65. The summed E-state index contributed by atoms with van der Waals surface area (Å²) in [4.78, 5) is 14.1. The highest BCUT2D eigenvalue weighted by molar-refractivity contribution is 5.86. The first kappa shape index (κ1) is 12.3. The summed E-state index contributed by atoms with van der Waals surface area (Å²) >= 11 is 0. The molecule has 2 rings (SSSR count). The summed E-state index contributed by atoms with van der Waals surface area (Å²) in [5.41, 5.74) is -0.910. The van der Waals surface area contributed by atoms with Crippen molar-refractivity contribution in [3.63, 3.8) is 0 Å². The SMILES string of the molecule is CN1CCC(CCNC(=O)C2(C#N)COC2)C1. The molecule has 0 aromatic rings. The zero-order valence-electron chi connectivity index (χ0n) is 10.2. The van der Waals surface area contributed by atoms with Crippen LogP contribution in [-0.2, 0) is 9.53 Å². The van der Waals surface area contributed by atoms with Gasteiger partial charge in [-0.1, -0.05) is 0 Å². The van der Waals surface area contributed by atoms with E-state index in [1.165, 1.54) is 6.42 Å². The standard InChI is InChI=1S/C12H19N3O2/c1-15-5-3-10(6-15)2-4-14-11(16)12(7-13)8-17-9-12/h10H,2-6,8-9H2,1H3,(H,14,16). The number of ether oxygens (including phenoxy) is 1. The van der Waals surface area contributed by atoms with Gasteiger partial charge < -0.3 is 15.0 Å². The van der Waals surface area contributed by atoms with Crippen molar-refractivity contribution in [2.75, 3.05) is 39.9 Å². The molecule has 1 atom stereocenters. The Morgan fingerprint density at radius 3 is 2.88 bits per heavy atom. The van der Waals surface area contributed by atoms with E-state index in [-0.39, 0.29) is 19.1 Å². The minimum absolute atomic E-state index is 0.169. The molecule has 0 aliphatic carbocycles. The van der Waals surface area contributed by atoms with Crippen molar-refractivity contribution in [3.8, 4) is 6.07 Å². The number of nitrogens with one attached hydrogen (secondary N) is 1. The first-order valence-corrected chi connectivity index (χ1v) is 6.12. The van der Waals surface area contributed by atoms with Gasteiger partial charge in [-0.15, -0.1) is 0 Å². The number of likely N-dealkylation sites (tertiary alicyclic amines) is 1. The Hall–Kier alpha value is -1.12. The monoisotopic (exact) mass is 237 g/mol. The maximum atomic E-state index is 11.8. The van der Waals surface area contributed by atoms with Crippen LogP contribution < -0.4 is 5.32 Å². The van der Waals surface area contributed by atoms with E-state index in [4.69, 9.17) is 10.00 Å². The van der Waals surface area contributed by atoms with Gasteiger partial charge in [-0.3, -0.25) is 4.79 Å². The van der Waals surface area contributed by atoms with Gasteiger partial charge in [0.1, 0.15) is 0 Å². The molecule has 17 heavy (non-hydrogen) atoms. The highest BCUT2D eigenvalue weighted by atomic mass is 16.5. The normalized spacial score (nSPS) is 27.2. The van der Waals surface area contributed by atoms with E-state index in [9.17, 15) is 4.79 Å². The van der Waals surface area contributed by atoms with Gasteiger partial charge in [0.05, 0.1) is 19.3 Å². The van der Waals surface area contributed by atoms with E-state index >= 15 is 0 Å². The molecule has 0 bridgehead atoms. The van der Waals surface area contributed by atoms with Crippen LogP contribution in [0.4, 0.5) is 0 Å². The summed E-state index contributed by atoms with van der Waals surface area (Å²) < 4.78 is 4.95. The second kappa shape index (κ2) is 5.03.